The number of hydrogen-bond donors (Lipinski definition) is 1. The molecule has 3 heteroatoms. The van der Waals surface area contributed by atoms with Crippen molar-refractivity contribution >= 4 is 15.9 Å². The molecule has 2 nitrogen and oxygen atoms in total. The highest BCUT2D eigenvalue weighted by atomic mass is 79.9. The van der Waals surface area contributed by atoms with Gasteiger partial charge in [-0.3, -0.25) is 0 Å². The fourth-order valence-corrected chi connectivity index (χ4v) is 3.19. The number of halogens is 1. The Morgan fingerprint density at radius 2 is 1.79 bits per heavy atom. The van der Waals surface area contributed by atoms with Crippen LogP contribution in [0.25, 0.3) is 0 Å². The molecule has 0 aromatic heterocycles. The zero-order chi connectivity index (χ0) is 13.9. The molecule has 1 aromatic carbocycles. The van der Waals surface area contributed by atoms with E-state index in [1.54, 1.807) is 0 Å². The summed E-state index contributed by atoms with van der Waals surface area (Å²) in [5, 5.41) is 3.57. The molecule has 0 amide bonds. The molecule has 1 unspecified atom stereocenters. The quantitative estimate of drug-likeness (QED) is 0.905. The van der Waals surface area contributed by atoms with Crippen molar-refractivity contribution in [3.63, 3.8) is 0 Å². The Labute approximate surface area is 125 Å². The smallest absolute Gasteiger partial charge is 0.0826 e. The van der Waals surface area contributed by atoms with Gasteiger partial charge in [0.25, 0.3) is 0 Å². The molecule has 19 heavy (non-hydrogen) atoms. The first-order chi connectivity index (χ1) is 9.01. The summed E-state index contributed by atoms with van der Waals surface area (Å²) in [6.07, 6.45) is 3.08. The first-order valence-electron chi connectivity index (χ1n) is 7.16. The molecule has 1 N–H and O–H groups in total. The van der Waals surface area contributed by atoms with Crippen molar-refractivity contribution < 1.29 is 4.74 Å². The normalized spacial score (nSPS) is 26.3. The maximum Gasteiger partial charge on any atom is 0.0826 e. The van der Waals surface area contributed by atoms with Gasteiger partial charge in [0.2, 0.25) is 0 Å². The fraction of sp³-hybridized carbons (Fsp3) is 0.625. The van der Waals surface area contributed by atoms with E-state index in [0.29, 0.717) is 0 Å². The van der Waals surface area contributed by atoms with Crippen LogP contribution in [0, 0.1) is 0 Å². The molecule has 0 bridgehead atoms. The highest BCUT2D eigenvalue weighted by Crippen LogP contribution is 2.32. The largest absolute Gasteiger partial charge is 0.366 e. The van der Waals surface area contributed by atoms with Crippen LogP contribution in [-0.4, -0.2) is 24.3 Å². The summed E-state index contributed by atoms with van der Waals surface area (Å²) in [5.41, 5.74) is 1.22. The van der Waals surface area contributed by atoms with Crippen LogP contribution in [-0.2, 0) is 11.2 Å². The van der Waals surface area contributed by atoms with Crippen molar-refractivity contribution in [2.24, 2.45) is 0 Å². The average Bonchev–Trinajstić information content (AvgIpc) is 2.41. The maximum atomic E-state index is 6.52. The third-order valence-electron chi connectivity index (χ3n) is 4.19. The predicted molar refractivity (Wildman–Crippen MR) is 83.5 cm³/mol. The lowest BCUT2D eigenvalue weighted by atomic mass is 9.88. The minimum atomic E-state index is -0.113. The van der Waals surface area contributed by atoms with Gasteiger partial charge in [-0.2, -0.15) is 0 Å². The van der Waals surface area contributed by atoms with Crippen LogP contribution in [0.2, 0.25) is 0 Å². The Kier molecular flexibility index (Phi) is 4.70. The summed E-state index contributed by atoms with van der Waals surface area (Å²) in [6, 6.07) is 8.55. The predicted octanol–water partition coefficient (Wildman–Crippen LogP) is 3.93. The number of benzene rings is 1. The van der Waals surface area contributed by atoms with E-state index in [1.807, 2.05) is 0 Å². The lowest BCUT2D eigenvalue weighted by Crippen LogP contribution is -2.59. The van der Waals surface area contributed by atoms with Gasteiger partial charge in [-0.1, -0.05) is 41.9 Å². The summed E-state index contributed by atoms with van der Waals surface area (Å²) < 4.78 is 7.65. The molecule has 2 rings (SSSR count). The number of ether oxygens (including phenoxy) is 1. The summed E-state index contributed by atoms with van der Waals surface area (Å²) in [6.45, 7) is 8.55. The van der Waals surface area contributed by atoms with Crippen LogP contribution in [0.3, 0.4) is 0 Å². The molecule has 1 heterocycles. The second kappa shape index (κ2) is 5.94. The van der Waals surface area contributed by atoms with E-state index in [4.69, 9.17) is 4.74 Å². The molecule has 1 fully saturated rings. The molecule has 1 aromatic rings. The molecule has 0 spiro atoms. The van der Waals surface area contributed by atoms with Crippen molar-refractivity contribution in [1.29, 1.82) is 0 Å². The second-order valence-electron chi connectivity index (χ2n) is 5.85. The topological polar surface area (TPSA) is 21.3 Å². The number of morpholine rings is 1. The number of rotatable bonds is 4. The highest BCUT2D eigenvalue weighted by molar-refractivity contribution is 9.10. The van der Waals surface area contributed by atoms with Gasteiger partial charge in [-0.15, -0.1) is 0 Å². The lowest BCUT2D eigenvalue weighted by Gasteiger charge is -2.47. The highest BCUT2D eigenvalue weighted by Gasteiger charge is 2.40. The van der Waals surface area contributed by atoms with E-state index in [0.717, 1.165) is 36.8 Å². The molecule has 1 saturated heterocycles. The number of nitrogens with one attached hydrogen (secondary N) is 1. The summed E-state index contributed by atoms with van der Waals surface area (Å²) >= 11 is 3.48. The molecule has 1 aliphatic heterocycles. The Balaban J connectivity index is 2.11. The van der Waals surface area contributed by atoms with Crippen LogP contribution in [0.5, 0.6) is 0 Å². The van der Waals surface area contributed by atoms with Gasteiger partial charge in [0, 0.05) is 24.0 Å². The first-order valence-corrected chi connectivity index (χ1v) is 7.95. The van der Waals surface area contributed by atoms with Gasteiger partial charge in [0.15, 0.2) is 0 Å². The van der Waals surface area contributed by atoms with Crippen LogP contribution in [0.4, 0.5) is 0 Å². The van der Waals surface area contributed by atoms with Crippen molar-refractivity contribution in [2.45, 2.75) is 51.2 Å². The Bertz CT molecular complexity index is 413. The van der Waals surface area contributed by atoms with E-state index in [2.05, 4.69) is 66.3 Å². The van der Waals surface area contributed by atoms with Crippen LogP contribution < -0.4 is 5.32 Å². The second-order valence-corrected chi connectivity index (χ2v) is 6.76. The minimum absolute atomic E-state index is 0.00234. The summed E-state index contributed by atoms with van der Waals surface area (Å²) in [4.78, 5) is 0. The van der Waals surface area contributed by atoms with Gasteiger partial charge < -0.3 is 10.1 Å². The lowest BCUT2D eigenvalue weighted by molar-refractivity contribution is -0.172. The average molecular weight is 326 g/mol. The molecule has 106 valence electrons. The zero-order valence-electron chi connectivity index (χ0n) is 12.1. The minimum Gasteiger partial charge on any atom is -0.366 e. The monoisotopic (exact) mass is 325 g/mol. The van der Waals surface area contributed by atoms with Gasteiger partial charge >= 0.3 is 0 Å². The van der Waals surface area contributed by atoms with E-state index in [1.165, 1.54) is 5.56 Å². The van der Waals surface area contributed by atoms with Crippen molar-refractivity contribution in [3.8, 4) is 0 Å². The molecule has 0 radical (unpaired) electrons. The number of hydrogen-bond acceptors (Lipinski definition) is 2. The van der Waals surface area contributed by atoms with E-state index in [9.17, 15) is 0 Å². The van der Waals surface area contributed by atoms with Gasteiger partial charge in [-0.05, 0) is 37.5 Å². The SMILES string of the molecule is CCC1(CC)CNCC(C)(Cc2ccc(Br)cc2)O1. The fourth-order valence-electron chi connectivity index (χ4n) is 2.93. The van der Waals surface area contributed by atoms with E-state index >= 15 is 0 Å². The first kappa shape index (κ1) is 15.0. The molecule has 1 aliphatic rings. The molecular formula is C16H24BrNO. The van der Waals surface area contributed by atoms with Crippen LogP contribution in [0.1, 0.15) is 39.2 Å². The Morgan fingerprint density at radius 3 is 2.37 bits per heavy atom. The Hall–Kier alpha value is -0.380. The van der Waals surface area contributed by atoms with Crippen LogP contribution >= 0.6 is 15.9 Å². The van der Waals surface area contributed by atoms with Crippen molar-refractivity contribution in [2.75, 3.05) is 13.1 Å². The van der Waals surface area contributed by atoms with E-state index in [-0.39, 0.29) is 11.2 Å². The van der Waals surface area contributed by atoms with Crippen molar-refractivity contribution in [1.82, 2.24) is 5.32 Å². The van der Waals surface area contributed by atoms with Crippen molar-refractivity contribution in [3.05, 3.63) is 34.3 Å². The summed E-state index contributed by atoms with van der Waals surface area (Å²) in [5.74, 6) is 0. The van der Waals surface area contributed by atoms with Crippen LogP contribution in [0.15, 0.2) is 28.7 Å². The maximum absolute atomic E-state index is 6.52. The molecule has 1 atom stereocenters. The zero-order valence-corrected chi connectivity index (χ0v) is 13.7. The third kappa shape index (κ3) is 3.59. The third-order valence-corrected chi connectivity index (χ3v) is 4.72. The standard InChI is InChI=1S/C16H24BrNO/c1-4-16(5-2)12-18-11-15(3,19-16)10-13-6-8-14(17)9-7-13/h6-9,18H,4-5,10-12H2,1-3H3. The Morgan fingerprint density at radius 1 is 1.16 bits per heavy atom. The molecule has 0 aliphatic carbocycles. The molecular weight excluding hydrogens is 302 g/mol. The van der Waals surface area contributed by atoms with Gasteiger partial charge in [-0.25, -0.2) is 0 Å². The summed E-state index contributed by atoms with van der Waals surface area (Å²) in [7, 11) is 0. The van der Waals surface area contributed by atoms with Gasteiger partial charge in [0.1, 0.15) is 0 Å². The molecule has 0 saturated carbocycles. The van der Waals surface area contributed by atoms with E-state index < -0.39 is 0 Å². The van der Waals surface area contributed by atoms with Gasteiger partial charge in [0.05, 0.1) is 11.2 Å².